The lowest BCUT2D eigenvalue weighted by Gasteiger charge is -2.38. The maximum atomic E-state index is 12.3. The molecule has 7 heteroatoms. The van der Waals surface area contributed by atoms with Crippen LogP contribution in [-0.4, -0.2) is 41.7 Å². The van der Waals surface area contributed by atoms with Crippen molar-refractivity contribution in [2.24, 2.45) is 0 Å². The SMILES string of the molecule is COC1(C2C(=O)Nc3c(C)nc(Cl)nc3N2C)CC1. The minimum Gasteiger partial charge on any atom is -0.376 e. The van der Waals surface area contributed by atoms with Crippen LogP contribution in [0.25, 0.3) is 0 Å². The van der Waals surface area contributed by atoms with Gasteiger partial charge in [-0.15, -0.1) is 0 Å². The van der Waals surface area contributed by atoms with E-state index in [-0.39, 0.29) is 17.2 Å². The maximum absolute atomic E-state index is 12.3. The van der Waals surface area contributed by atoms with Gasteiger partial charge in [0.2, 0.25) is 11.2 Å². The normalized spacial score (nSPS) is 23.9. The Bertz CT molecular complexity index is 559. The zero-order valence-corrected chi connectivity index (χ0v) is 11.8. The Morgan fingerprint density at radius 3 is 2.74 bits per heavy atom. The van der Waals surface area contributed by atoms with Crippen LogP contribution in [0.5, 0.6) is 0 Å². The molecule has 1 saturated carbocycles. The van der Waals surface area contributed by atoms with Crippen molar-refractivity contribution >= 4 is 29.0 Å². The number of likely N-dealkylation sites (N-methyl/N-ethyl adjacent to an activating group) is 1. The molecule has 6 nitrogen and oxygen atoms in total. The van der Waals surface area contributed by atoms with Crippen LogP contribution in [-0.2, 0) is 9.53 Å². The molecule has 1 aliphatic heterocycles. The number of anilines is 2. The number of carbonyl (C=O) groups is 1. The quantitative estimate of drug-likeness (QED) is 0.830. The van der Waals surface area contributed by atoms with Crippen molar-refractivity contribution in [3.8, 4) is 0 Å². The van der Waals surface area contributed by atoms with Gasteiger partial charge in [-0.1, -0.05) is 0 Å². The second-order valence-electron chi connectivity index (χ2n) is 5.05. The highest BCUT2D eigenvalue weighted by Crippen LogP contribution is 2.47. The number of hydrogen-bond donors (Lipinski definition) is 1. The number of amides is 1. The average molecular weight is 283 g/mol. The first-order valence-electron chi connectivity index (χ1n) is 6.11. The van der Waals surface area contributed by atoms with Crippen molar-refractivity contribution in [2.45, 2.75) is 31.4 Å². The number of aryl methyl sites for hydroxylation is 1. The minimum absolute atomic E-state index is 0.0802. The molecule has 1 aromatic heterocycles. The number of hydrogen-bond acceptors (Lipinski definition) is 5. The molecule has 0 spiro atoms. The van der Waals surface area contributed by atoms with Gasteiger partial charge < -0.3 is 15.0 Å². The summed E-state index contributed by atoms with van der Waals surface area (Å²) >= 11 is 5.90. The summed E-state index contributed by atoms with van der Waals surface area (Å²) in [6, 6.07) is -0.379. The summed E-state index contributed by atoms with van der Waals surface area (Å²) in [6.07, 6.45) is 1.75. The molecule has 2 aliphatic rings. The topological polar surface area (TPSA) is 67.3 Å². The van der Waals surface area contributed by atoms with E-state index < -0.39 is 5.60 Å². The van der Waals surface area contributed by atoms with Gasteiger partial charge in [-0.25, -0.2) is 4.98 Å². The van der Waals surface area contributed by atoms with Gasteiger partial charge in [0.1, 0.15) is 11.7 Å². The zero-order chi connectivity index (χ0) is 13.8. The fourth-order valence-corrected chi connectivity index (χ4v) is 2.93. The second kappa shape index (κ2) is 4.05. The first-order valence-corrected chi connectivity index (χ1v) is 6.49. The van der Waals surface area contributed by atoms with E-state index in [1.807, 2.05) is 11.9 Å². The van der Waals surface area contributed by atoms with Gasteiger partial charge in [0, 0.05) is 14.2 Å². The molecule has 102 valence electrons. The van der Waals surface area contributed by atoms with Crippen LogP contribution in [0.15, 0.2) is 0 Å². The van der Waals surface area contributed by atoms with Crippen LogP contribution in [0.4, 0.5) is 11.5 Å². The highest BCUT2D eigenvalue weighted by Gasteiger charge is 2.57. The Balaban J connectivity index is 2.07. The number of fused-ring (bicyclic) bond motifs is 1. The summed E-state index contributed by atoms with van der Waals surface area (Å²) < 4.78 is 5.53. The summed E-state index contributed by atoms with van der Waals surface area (Å²) in [5.41, 5.74) is 0.887. The standard InChI is InChI=1S/C12H15ClN4O2/c1-6-7-9(16-11(13)14-6)17(2)8(10(18)15-7)12(19-3)4-5-12/h8H,4-5H2,1-3H3,(H,15,18). The van der Waals surface area contributed by atoms with Crippen LogP contribution in [0.2, 0.25) is 5.28 Å². The number of aromatic nitrogens is 2. The molecule has 1 fully saturated rings. The molecular weight excluding hydrogens is 268 g/mol. The zero-order valence-electron chi connectivity index (χ0n) is 11.0. The number of nitrogens with zero attached hydrogens (tertiary/aromatic N) is 3. The van der Waals surface area contributed by atoms with Gasteiger partial charge in [-0.05, 0) is 31.4 Å². The van der Waals surface area contributed by atoms with Crippen molar-refractivity contribution in [2.75, 3.05) is 24.4 Å². The van der Waals surface area contributed by atoms with Gasteiger partial charge in [0.15, 0.2) is 5.82 Å². The third-order valence-electron chi connectivity index (χ3n) is 3.91. The number of rotatable bonds is 2. The molecule has 0 bridgehead atoms. The minimum atomic E-state index is -0.401. The number of halogens is 1. The molecule has 3 rings (SSSR count). The van der Waals surface area contributed by atoms with Crippen LogP contribution in [0, 0.1) is 6.92 Å². The number of carbonyl (C=O) groups excluding carboxylic acids is 1. The average Bonchev–Trinajstić information content (AvgIpc) is 3.12. The van der Waals surface area contributed by atoms with E-state index in [0.717, 1.165) is 12.8 Å². The molecule has 0 aromatic carbocycles. The lowest BCUT2D eigenvalue weighted by molar-refractivity contribution is -0.121. The molecule has 0 saturated heterocycles. The maximum Gasteiger partial charge on any atom is 0.250 e. The van der Waals surface area contributed by atoms with E-state index in [0.29, 0.717) is 17.2 Å². The van der Waals surface area contributed by atoms with E-state index >= 15 is 0 Å². The van der Waals surface area contributed by atoms with Crippen LogP contribution < -0.4 is 10.2 Å². The Hall–Kier alpha value is -1.40. The highest BCUT2D eigenvalue weighted by molar-refractivity contribution is 6.28. The van der Waals surface area contributed by atoms with Crippen molar-refractivity contribution in [3.05, 3.63) is 11.0 Å². The molecule has 19 heavy (non-hydrogen) atoms. The molecule has 1 aromatic rings. The highest BCUT2D eigenvalue weighted by atomic mass is 35.5. The summed E-state index contributed by atoms with van der Waals surface area (Å²) in [5, 5.41) is 3.05. The molecular formula is C12H15ClN4O2. The summed E-state index contributed by atoms with van der Waals surface area (Å²) in [6.45, 7) is 1.80. The number of nitrogens with one attached hydrogen (secondary N) is 1. The summed E-state index contributed by atoms with van der Waals surface area (Å²) in [7, 11) is 3.48. The lowest BCUT2D eigenvalue weighted by Crippen LogP contribution is -2.55. The van der Waals surface area contributed by atoms with Gasteiger partial charge >= 0.3 is 0 Å². The van der Waals surface area contributed by atoms with E-state index in [9.17, 15) is 4.79 Å². The van der Waals surface area contributed by atoms with Crippen molar-refractivity contribution in [1.29, 1.82) is 0 Å². The molecule has 1 atom stereocenters. The number of methoxy groups -OCH3 is 1. The monoisotopic (exact) mass is 282 g/mol. The first-order chi connectivity index (χ1) is 8.98. The van der Waals surface area contributed by atoms with Crippen LogP contribution in [0.3, 0.4) is 0 Å². The first kappa shape index (κ1) is 12.6. The smallest absolute Gasteiger partial charge is 0.250 e. The van der Waals surface area contributed by atoms with E-state index in [1.165, 1.54) is 0 Å². The van der Waals surface area contributed by atoms with Crippen LogP contribution in [0.1, 0.15) is 18.5 Å². The lowest BCUT2D eigenvalue weighted by atomic mass is 10.0. The van der Waals surface area contributed by atoms with Crippen molar-refractivity contribution < 1.29 is 9.53 Å². The predicted octanol–water partition coefficient (Wildman–Crippen LogP) is 1.37. The van der Waals surface area contributed by atoms with Crippen LogP contribution >= 0.6 is 11.6 Å². The molecule has 1 unspecified atom stereocenters. The van der Waals surface area contributed by atoms with E-state index in [1.54, 1.807) is 14.0 Å². The Labute approximate surface area is 116 Å². The summed E-state index contributed by atoms with van der Waals surface area (Å²) in [4.78, 5) is 22.5. The largest absolute Gasteiger partial charge is 0.376 e. The third kappa shape index (κ3) is 1.78. The molecule has 1 amide bonds. The molecule has 1 N–H and O–H groups in total. The second-order valence-corrected chi connectivity index (χ2v) is 5.39. The molecule has 1 aliphatic carbocycles. The van der Waals surface area contributed by atoms with E-state index in [2.05, 4.69) is 15.3 Å². The van der Waals surface area contributed by atoms with Gasteiger partial charge in [0.25, 0.3) is 0 Å². The third-order valence-corrected chi connectivity index (χ3v) is 4.08. The fraction of sp³-hybridized carbons (Fsp3) is 0.583. The van der Waals surface area contributed by atoms with Crippen molar-refractivity contribution in [3.63, 3.8) is 0 Å². The van der Waals surface area contributed by atoms with Gasteiger partial charge in [-0.3, -0.25) is 4.79 Å². The fourth-order valence-electron chi connectivity index (χ4n) is 2.72. The Morgan fingerprint density at radius 2 is 2.16 bits per heavy atom. The van der Waals surface area contributed by atoms with Gasteiger partial charge in [-0.2, -0.15) is 4.98 Å². The van der Waals surface area contributed by atoms with Gasteiger partial charge in [0.05, 0.1) is 11.3 Å². The predicted molar refractivity (Wildman–Crippen MR) is 71.6 cm³/mol. The van der Waals surface area contributed by atoms with Crippen molar-refractivity contribution in [1.82, 2.24) is 9.97 Å². The molecule has 0 radical (unpaired) electrons. The summed E-state index contributed by atoms with van der Waals surface area (Å²) in [5.74, 6) is 0.564. The van der Waals surface area contributed by atoms with E-state index in [4.69, 9.17) is 16.3 Å². The molecule has 2 heterocycles. The number of ether oxygens (including phenoxy) is 1. The Morgan fingerprint density at radius 1 is 1.47 bits per heavy atom. The Kier molecular flexibility index (Phi) is 2.69.